The van der Waals surface area contributed by atoms with E-state index < -0.39 is 0 Å². The summed E-state index contributed by atoms with van der Waals surface area (Å²) in [5.41, 5.74) is 6.39. The summed E-state index contributed by atoms with van der Waals surface area (Å²) in [6, 6.07) is 0.376. The molecule has 0 radical (unpaired) electrons. The van der Waals surface area contributed by atoms with E-state index in [0.717, 1.165) is 43.1 Å². The van der Waals surface area contributed by atoms with Crippen LogP contribution in [0.25, 0.3) is 0 Å². The number of piperidine rings is 1. The van der Waals surface area contributed by atoms with Gasteiger partial charge in [0, 0.05) is 24.9 Å². The maximum atomic E-state index is 12.3. The first-order valence-corrected chi connectivity index (χ1v) is 8.05. The van der Waals surface area contributed by atoms with Crippen LogP contribution < -0.4 is 5.73 Å². The molecule has 0 saturated carbocycles. The van der Waals surface area contributed by atoms with Gasteiger partial charge in [0.05, 0.1) is 17.1 Å². The molecule has 1 amide bonds. The van der Waals surface area contributed by atoms with Crippen LogP contribution in [0.3, 0.4) is 0 Å². The molecular weight excluding hydrogens is 272 g/mol. The van der Waals surface area contributed by atoms with Gasteiger partial charge < -0.3 is 15.5 Å². The maximum absolute atomic E-state index is 12.3. The predicted molar refractivity (Wildman–Crippen MR) is 81.9 cm³/mol. The zero-order valence-corrected chi connectivity index (χ0v) is 13.2. The summed E-state index contributed by atoms with van der Waals surface area (Å²) in [4.78, 5) is 21.0. The van der Waals surface area contributed by atoms with E-state index in [9.17, 15) is 4.79 Å². The number of hydrogen-bond acceptors (Lipinski definition) is 5. The van der Waals surface area contributed by atoms with Crippen molar-refractivity contribution in [3.63, 3.8) is 0 Å². The van der Waals surface area contributed by atoms with Crippen LogP contribution in [0.2, 0.25) is 0 Å². The molecule has 0 unspecified atom stereocenters. The number of aromatic nitrogens is 1. The normalized spacial score (nSPS) is 17.4. The van der Waals surface area contributed by atoms with Crippen LogP contribution in [0.1, 0.15) is 23.5 Å². The third-order valence-corrected chi connectivity index (χ3v) is 4.88. The number of likely N-dealkylation sites (N-methyl/N-ethyl adjacent to an activating group) is 1. The number of rotatable bonds is 5. The topological polar surface area (TPSA) is 62.5 Å². The van der Waals surface area contributed by atoms with E-state index in [4.69, 9.17) is 5.73 Å². The molecule has 0 bridgehead atoms. The highest BCUT2D eigenvalue weighted by atomic mass is 32.1. The van der Waals surface area contributed by atoms with Gasteiger partial charge in [0.1, 0.15) is 0 Å². The first-order chi connectivity index (χ1) is 9.60. The molecule has 2 rings (SSSR count). The summed E-state index contributed by atoms with van der Waals surface area (Å²) < 4.78 is 0. The fourth-order valence-corrected chi connectivity index (χ4v) is 3.35. The lowest BCUT2D eigenvalue weighted by molar-refractivity contribution is -0.132. The SMILES string of the molecule is CN1CCC(N(C)C(=O)Cc2csc(CCN)n2)CC1. The molecular formula is C14H24N4OS. The summed E-state index contributed by atoms with van der Waals surface area (Å²) in [6.07, 6.45) is 3.33. The summed E-state index contributed by atoms with van der Waals surface area (Å²) in [5, 5.41) is 3.00. The Bertz CT molecular complexity index is 440. The number of thiazole rings is 1. The van der Waals surface area contributed by atoms with Crippen molar-refractivity contribution in [2.24, 2.45) is 5.73 Å². The molecule has 0 spiro atoms. The summed E-state index contributed by atoms with van der Waals surface area (Å²) in [7, 11) is 4.05. The minimum absolute atomic E-state index is 0.171. The fraction of sp³-hybridized carbons (Fsp3) is 0.714. The number of nitrogens with zero attached hydrogens (tertiary/aromatic N) is 3. The zero-order valence-electron chi connectivity index (χ0n) is 12.3. The molecule has 1 aromatic rings. The lowest BCUT2D eigenvalue weighted by Gasteiger charge is -2.35. The van der Waals surface area contributed by atoms with Gasteiger partial charge in [-0.1, -0.05) is 0 Å². The van der Waals surface area contributed by atoms with Gasteiger partial charge in [-0.3, -0.25) is 4.79 Å². The van der Waals surface area contributed by atoms with Gasteiger partial charge in [0.15, 0.2) is 0 Å². The van der Waals surface area contributed by atoms with Crippen LogP contribution >= 0.6 is 11.3 Å². The minimum atomic E-state index is 0.171. The average molecular weight is 296 g/mol. The van der Waals surface area contributed by atoms with Crippen molar-refractivity contribution >= 4 is 17.2 Å². The lowest BCUT2D eigenvalue weighted by atomic mass is 10.0. The van der Waals surface area contributed by atoms with Gasteiger partial charge >= 0.3 is 0 Å². The molecule has 112 valence electrons. The van der Waals surface area contributed by atoms with Crippen molar-refractivity contribution in [1.82, 2.24) is 14.8 Å². The number of hydrogen-bond donors (Lipinski definition) is 1. The van der Waals surface area contributed by atoms with Crippen LogP contribution in [0.4, 0.5) is 0 Å². The highest BCUT2D eigenvalue weighted by molar-refractivity contribution is 7.09. The first-order valence-electron chi connectivity index (χ1n) is 7.17. The molecule has 5 nitrogen and oxygen atoms in total. The lowest BCUT2D eigenvalue weighted by Crippen LogP contribution is -2.45. The number of nitrogens with two attached hydrogens (primary N) is 1. The first kappa shape index (κ1) is 15.4. The Morgan fingerprint density at radius 1 is 1.55 bits per heavy atom. The van der Waals surface area contributed by atoms with Crippen molar-refractivity contribution in [2.75, 3.05) is 33.7 Å². The Kier molecular flexibility index (Phi) is 5.51. The van der Waals surface area contributed by atoms with E-state index in [1.807, 2.05) is 17.3 Å². The van der Waals surface area contributed by atoms with Crippen LogP contribution in [0, 0.1) is 0 Å². The summed E-state index contributed by atoms with van der Waals surface area (Å²) in [6.45, 7) is 2.75. The predicted octanol–water partition coefficient (Wildman–Crippen LogP) is 0.739. The minimum Gasteiger partial charge on any atom is -0.342 e. The number of carbonyl (C=O) groups is 1. The van der Waals surface area contributed by atoms with E-state index in [-0.39, 0.29) is 5.91 Å². The summed E-state index contributed by atoms with van der Waals surface area (Å²) >= 11 is 1.60. The van der Waals surface area contributed by atoms with Crippen molar-refractivity contribution in [3.8, 4) is 0 Å². The fourth-order valence-electron chi connectivity index (χ4n) is 2.53. The molecule has 1 saturated heterocycles. The van der Waals surface area contributed by atoms with E-state index in [1.165, 1.54) is 0 Å². The van der Waals surface area contributed by atoms with Gasteiger partial charge in [-0.15, -0.1) is 11.3 Å². The van der Waals surface area contributed by atoms with E-state index in [0.29, 0.717) is 19.0 Å². The molecule has 2 N–H and O–H groups in total. The molecule has 0 aliphatic carbocycles. The quantitative estimate of drug-likeness (QED) is 0.870. The van der Waals surface area contributed by atoms with Crippen LogP contribution in [-0.2, 0) is 17.6 Å². The van der Waals surface area contributed by atoms with Crippen molar-refractivity contribution < 1.29 is 4.79 Å². The Hall–Kier alpha value is -0.980. The van der Waals surface area contributed by atoms with Crippen molar-refractivity contribution in [3.05, 3.63) is 16.1 Å². The standard InChI is InChI=1S/C14H24N4OS/c1-17-7-4-12(5-8-17)18(2)14(19)9-11-10-20-13(16-11)3-6-15/h10,12H,3-9,15H2,1-2H3. The number of amides is 1. The maximum Gasteiger partial charge on any atom is 0.228 e. The molecule has 1 aromatic heterocycles. The Labute approximate surface area is 124 Å². The van der Waals surface area contributed by atoms with Crippen molar-refractivity contribution in [2.45, 2.75) is 31.7 Å². The van der Waals surface area contributed by atoms with Gasteiger partial charge in [-0.05, 0) is 39.5 Å². The van der Waals surface area contributed by atoms with Crippen LogP contribution in [-0.4, -0.2) is 60.5 Å². The Balaban J connectivity index is 1.86. The van der Waals surface area contributed by atoms with Gasteiger partial charge in [0.25, 0.3) is 0 Å². The number of likely N-dealkylation sites (tertiary alicyclic amines) is 1. The van der Waals surface area contributed by atoms with Crippen molar-refractivity contribution in [1.29, 1.82) is 0 Å². The molecule has 0 atom stereocenters. The molecule has 1 aliphatic heterocycles. The third kappa shape index (κ3) is 4.01. The zero-order chi connectivity index (χ0) is 14.5. The molecule has 1 aliphatic rings. The van der Waals surface area contributed by atoms with Gasteiger partial charge in [-0.2, -0.15) is 0 Å². The monoisotopic (exact) mass is 296 g/mol. The highest BCUT2D eigenvalue weighted by Gasteiger charge is 2.24. The van der Waals surface area contributed by atoms with E-state index in [2.05, 4.69) is 16.9 Å². The summed E-state index contributed by atoms with van der Waals surface area (Å²) in [5.74, 6) is 0.171. The van der Waals surface area contributed by atoms with Crippen LogP contribution in [0.15, 0.2) is 5.38 Å². The average Bonchev–Trinajstić information content (AvgIpc) is 2.86. The molecule has 20 heavy (non-hydrogen) atoms. The van der Waals surface area contributed by atoms with Crippen LogP contribution in [0.5, 0.6) is 0 Å². The largest absolute Gasteiger partial charge is 0.342 e. The second-order valence-corrected chi connectivity index (χ2v) is 6.43. The number of carbonyl (C=O) groups excluding carboxylic acids is 1. The van der Waals surface area contributed by atoms with E-state index >= 15 is 0 Å². The second kappa shape index (κ2) is 7.15. The molecule has 6 heteroatoms. The molecule has 1 fully saturated rings. The van der Waals surface area contributed by atoms with Gasteiger partial charge in [-0.25, -0.2) is 4.98 Å². The smallest absolute Gasteiger partial charge is 0.228 e. The Morgan fingerprint density at radius 3 is 2.90 bits per heavy atom. The third-order valence-electron chi connectivity index (χ3n) is 3.92. The Morgan fingerprint density at radius 2 is 2.25 bits per heavy atom. The van der Waals surface area contributed by atoms with E-state index in [1.54, 1.807) is 11.3 Å². The van der Waals surface area contributed by atoms with Gasteiger partial charge in [0.2, 0.25) is 5.91 Å². The highest BCUT2D eigenvalue weighted by Crippen LogP contribution is 2.16. The molecule has 2 heterocycles. The molecule has 0 aromatic carbocycles. The second-order valence-electron chi connectivity index (χ2n) is 5.49.